The van der Waals surface area contributed by atoms with Gasteiger partial charge in [-0.3, -0.25) is 4.79 Å². The van der Waals surface area contributed by atoms with Crippen LogP contribution in [0.5, 0.6) is 0 Å². The fourth-order valence-electron chi connectivity index (χ4n) is 2.63. The van der Waals surface area contributed by atoms with Crippen molar-refractivity contribution in [2.45, 2.75) is 19.5 Å². The fourth-order valence-corrected chi connectivity index (χ4v) is 2.63. The highest BCUT2D eigenvalue weighted by Crippen LogP contribution is 2.26. The third-order valence-electron chi connectivity index (χ3n) is 3.64. The van der Waals surface area contributed by atoms with Gasteiger partial charge in [0.05, 0.1) is 17.5 Å². The Morgan fingerprint density at radius 1 is 1.45 bits per heavy atom. The first-order valence-electron chi connectivity index (χ1n) is 6.73. The van der Waals surface area contributed by atoms with Crippen LogP contribution in [0.1, 0.15) is 22.6 Å². The highest BCUT2D eigenvalue weighted by atomic mass is 16.3. The van der Waals surface area contributed by atoms with Gasteiger partial charge < -0.3 is 19.2 Å². The summed E-state index contributed by atoms with van der Waals surface area (Å²) in [5.74, 6) is 0.668. The van der Waals surface area contributed by atoms with Crippen LogP contribution in [0.15, 0.2) is 23.0 Å². The normalized spacial score (nSPS) is 15.7. The molecular formula is C14H18N4O2. The predicted octanol–water partition coefficient (Wildman–Crippen LogP) is 1.34. The average molecular weight is 274 g/mol. The molecule has 0 saturated heterocycles. The number of carbonyl (C=O) groups is 1. The third-order valence-corrected chi connectivity index (χ3v) is 3.64. The molecule has 1 amide bonds. The molecule has 1 N–H and O–H groups in total. The maximum absolute atomic E-state index is 12.1. The zero-order chi connectivity index (χ0) is 14.1. The number of carbonyl (C=O) groups excluding carboxylic acids is 1. The number of hydrogen-bond acceptors (Lipinski definition) is 4. The summed E-state index contributed by atoms with van der Waals surface area (Å²) in [6.45, 7) is 2.61. The number of nitrogens with zero attached hydrogens (tertiary/aromatic N) is 3. The number of fused-ring (bicyclic) bond motifs is 1. The van der Waals surface area contributed by atoms with Crippen molar-refractivity contribution in [2.75, 3.05) is 20.6 Å². The number of rotatable bonds is 2. The van der Waals surface area contributed by atoms with Gasteiger partial charge in [-0.15, -0.1) is 0 Å². The van der Waals surface area contributed by atoms with Crippen molar-refractivity contribution in [3.63, 3.8) is 0 Å². The molecule has 0 radical (unpaired) electrons. The third kappa shape index (κ3) is 2.12. The zero-order valence-electron chi connectivity index (χ0n) is 11.7. The quantitative estimate of drug-likeness (QED) is 0.897. The molecule has 0 unspecified atom stereocenters. The molecular weight excluding hydrogens is 256 g/mol. The van der Waals surface area contributed by atoms with Crippen LogP contribution < -0.4 is 5.32 Å². The maximum Gasteiger partial charge on any atom is 0.271 e. The average Bonchev–Trinajstić information content (AvgIpc) is 3.03. The first-order valence-corrected chi connectivity index (χ1v) is 6.73. The van der Waals surface area contributed by atoms with Gasteiger partial charge in [-0.2, -0.15) is 0 Å². The lowest BCUT2D eigenvalue weighted by Gasteiger charge is -2.12. The Morgan fingerprint density at radius 3 is 3.00 bits per heavy atom. The number of amides is 1. The van der Waals surface area contributed by atoms with Gasteiger partial charge in [0.15, 0.2) is 5.69 Å². The minimum atomic E-state index is -0.140. The van der Waals surface area contributed by atoms with Crippen LogP contribution in [0.25, 0.3) is 11.4 Å². The molecule has 20 heavy (non-hydrogen) atoms. The van der Waals surface area contributed by atoms with Gasteiger partial charge in [0, 0.05) is 20.1 Å². The summed E-state index contributed by atoms with van der Waals surface area (Å²) in [6, 6.07) is 1.87. The van der Waals surface area contributed by atoms with Gasteiger partial charge in [-0.1, -0.05) is 0 Å². The van der Waals surface area contributed by atoms with E-state index in [1.807, 2.05) is 6.07 Å². The van der Waals surface area contributed by atoms with Gasteiger partial charge in [-0.25, -0.2) is 4.98 Å². The standard InChI is InChI=1S/C14H18N4O2/c1-15-14(19)12-11-8-17(2)5-3-6-18(11)13(16-12)10-4-7-20-9-10/h4,7,9H,3,5-6,8H2,1-2H3,(H,15,19). The molecule has 0 saturated carbocycles. The molecule has 0 bridgehead atoms. The minimum Gasteiger partial charge on any atom is -0.472 e. The van der Waals surface area contributed by atoms with E-state index in [9.17, 15) is 4.79 Å². The smallest absolute Gasteiger partial charge is 0.271 e. The number of nitrogens with one attached hydrogen (secondary N) is 1. The summed E-state index contributed by atoms with van der Waals surface area (Å²) >= 11 is 0. The molecule has 0 fully saturated rings. The lowest BCUT2D eigenvalue weighted by atomic mass is 10.3. The van der Waals surface area contributed by atoms with E-state index in [1.165, 1.54) is 0 Å². The monoisotopic (exact) mass is 274 g/mol. The van der Waals surface area contributed by atoms with Crippen molar-refractivity contribution in [3.05, 3.63) is 30.0 Å². The SMILES string of the molecule is CNC(=O)c1nc(-c2ccoc2)n2c1CN(C)CCC2. The van der Waals surface area contributed by atoms with Crippen molar-refractivity contribution in [1.82, 2.24) is 19.8 Å². The Balaban J connectivity index is 2.15. The van der Waals surface area contributed by atoms with Crippen LogP contribution in [0.2, 0.25) is 0 Å². The molecule has 0 atom stereocenters. The Morgan fingerprint density at radius 2 is 2.30 bits per heavy atom. The van der Waals surface area contributed by atoms with E-state index < -0.39 is 0 Å². The second kappa shape index (κ2) is 5.13. The first-order chi connectivity index (χ1) is 9.70. The summed E-state index contributed by atoms with van der Waals surface area (Å²) in [5.41, 5.74) is 2.39. The lowest BCUT2D eigenvalue weighted by Crippen LogP contribution is -2.23. The predicted molar refractivity (Wildman–Crippen MR) is 74.3 cm³/mol. The van der Waals surface area contributed by atoms with Gasteiger partial charge >= 0.3 is 0 Å². The molecule has 0 spiro atoms. The van der Waals surface area contributed by atoms with Crippen molar-refractivity contribution in [2.24, 2.45) is 0 Å². The number of hydrogen-bond donors (Lipinski definition) is 1. The molecule has 1 aliphatic rings. The summed E-state index contributed by atoms with van der Waals surface area (Å²) in [7, 11) is 3.69. The van der Waals surface area contributed by atoms with Crippen molar-refractivity contribution < 1.29 is 9.21 Å². The van der Waals surface area contributed by atoms with E-state index in [0.29, 0.717) is 5.69 Å². The molecule has 0 aliphatic carbocycles. The minimum absolute atomic E-state index is 0.140. The molecule has 1 aliphatic heterocycles. The molecule has 106 valence electrons. The lowest BCUT2D eigenvalue weighted by molar-refractivity contribution is 0.0956. The molecule has 2 aromatic rings. The van der Waals surface area contributed by atoms with Crippen molar-refractivity contribution in [1.29, 1.82) is 0 Å². The number of imidazole rings is 1. The zero-order valence-corrected chi connectivity index (χ0v) is 11.7. The molecule has 3 rings (SSSR count). The molecule has 0 aromatic carbocycles. The van der Waals surface area contributed by atoms with E-state index in [4.69, 9.17) is 4.42 Å². The topological polar surface area (TPSA) is 63.3 Å². The van der Waals surface area contributed by atoms with Gasteiger partial charge in [0.1, 0.15) is 12.1 Å². The Kier molecular flexibility index (Phi) is 3.31. The van der Waals surface area contributed by atoms with Gasteiger partial charge in [0.25, 0.3) is 5.91 Å². The Bertz CT molecular complexity index is 615. The van der Waals surface area contributed by atoms with Crippen LogP contribution in [-0.4, -0.2) is 41.0 Å². The second-order valence-corrected chi connectivity index (χ2v) is 5.06. The second-order valence-electron chi connectivity index (χ2n) is 5.06. The van der Waals surface area contributed by atoms with E-state index >= 15 is 0 Å². The van der Waals surface area contributed by atoms with E-state index in [2.05, 4.69) is 26.8 Å². The fraction of sp³-hybridized carbons (Fsp3) is 0.429. The van der Waals surface area contributed by atoms with E-state index in [-0.39, 0.29) is 5.91 Å². The van der Waals surface area contributed by atoms with Crippen LogP contribution in [-0.2, 0) is 13.1 Å². The molecule has 2 aromatic heterocycles. The summed E-state index contributed by atoms with van der Waals surface area (Å²) < 4.78 is 7.28. The van der Waals surface area contributed by atoms with Crippen LogP contribution in [0, 0.1) is 0 Å². The summed E-state index contributed by atoms with van der Waals surface area (Å²) in [6.07, 6.45) is 4.33. The van der Waals surface area contributed by atoms with E-state index in [0.717, 1.165) is 43.1 Å². The summed E-state index contributed by atoms with van der Waals surface area (Å²) in [4.78, 5) is 18.8. The molecule has 3 heterocycles. The Labute approximate surface area is 117 Å². The molecule has 6 heteroatoms. The van der Waals surface area contributed by atoms with Crippen molar-refractivity contribution in [3.8, 4) is 11.4 Å². The molecule has 6 nitrogen and oxygen atoms in total. The summed E-state index contributed by atoms with van der Waals surface area (Å²) in [5, 5.41) is 2.67. The van der Waals surface area contributed by atoms with Gasteiger partial charge in [0.2, 0.25) is 0 Å². The van der Waals surface area contributed by atoms with Crippen LogP contribution in [0.3, 0.4) is 0 Å². The van der Waals surface area contributed by atoms with Crippen LogP contribution >= 0.6 is 0 Å². The van der Waals surface area contributed by atoms with Crippen LogP contribution in [0.4, 0.5) is 0 Å². The maximum atomic E-state index is 12.1. The first kappa shape index (κ1) is 12.9. The largest absolute Gasteiger partial charge is 0.472 e. The van der Waals surface area contributed by atoms with E-state index in [1.54, 1.807) is 19.6 Å². The highest BCUT2D eigenvalue weighted by Gasteiger charge is 2.25. The Hall–Kier alpha value is -2.08. The highest BCUT2D eigenvalue weighted by molar-refractivity contribution is 5.94. The van der Waals surface area contributed by atoms with Gasteiger partial charge in [-0.05, 0) is 26.1 Å². The number of furan rings is 1. The number of aromatic nitrogens is 2. The van der Waals surface area contributed by atoms with Crippen molar-refractivity contribution >= 4 is 5.91 Å².